The number of pyridine rings is 1. The molecule has 3 rings (SSSR count). The van der Waals surface area contributed by atoms with Crippen LogP contribution in [-0.4, -0.2) is 10.9 Å². The van der Waals surface area contributed by atoms with E-state index in [1.54, 1.807) is 11.4 Å². The molecule has 0 aliphatic carbocycles. The van der Waals surface area contributed by atoms with Crippen LogP contribution in [0.5, 0.6) is 0 Å². The van der Waals surface area contributed by atoms with Gasteiger partial charge < -0.3 is 9.36 Å². The molecule has 0 saturated carbocycles. The molecular formula is C16H9ClF3NO2S. The Morgan fingerprint density at radius 1 is 1.25 bits per heavy atom. The predicted octanol–water partition coefficient (Wildman–Crippen LogP) is 4.60. The Bertz CT molecular complexity index is 991. The highest BCUT2D eigenvalue weighted by molar-refractivity contribution is 7.17. The molecule has 24 heavy (non-hydrogen) atoms. The fourth-order valence-electron chi connectivity index (χ4n) is 2.43. The van der Waals surface area contributed by atoms with E-state index in [9.17, 15) is 22.8 Å². The van der Waals surface area contributed by atoms with Gasteiger partial charge in [0.1, 0.15) is 6.29 Å². The van der Waals surface area contributed by atoms with E-state index in [0.29, 0.717) is 21.9 Å². The van der Waals surface area contributed by atoms with E-state index in [2.05, 4.69) is 0 Å². The summed E-state index contributed by atoms with van der Waals surface area (Å²) in [4.78, 5) is 23.1. The number of hydrogen-bond acceptors (Lipinski definition) is 3. The largest absolute Gasteiger partial charge is 0.417 e. The van der Waals surface area contributed by atoms with Crippen LogP contribution in [0.3, 0.4) is 0 Å². The molecule has 2 aromatic heterocycles. The molecule has 3 nitrogen and oxygen atoms in total. The normalized spacial score (nSPS) is 11.8. The van der Waals surface area contributed by atoms with Gasteiger partial charge in [0.05, 0.1) is 22.5 Å². The van der Waals surface area contributed by atoms with E-state index < -0.39 is 22.3 Å². The summed E-state index contributed by atoms with van der Waals surface area (Å²) < 4.78 is 41.0. The van der Waals surface area contributed by atoms with E-state index in [4.69, 9.17) is 11.6 Å². The van der Waals surface area contributed by atoms with Crippen molar-refractivity contribution in [2.75, 3.05) is 0 Å². The van der Waals surface area contributed by atoms with E-state index in [1.807, 2.05) is 0 Å². The second kappa shape index (κ2) is 6.07. The van der Waals surface area contributed by atoms with Crippen LogP contribution in [0.15, 0.2) is 40.6 Å². The molecule has 0 N–H and O–H groups in total. The summed E-state index contributed by atoms with van der Waals surface area (Å²) in [5.74, 6) is 0. The fraction of sp³-hybridized carbons (Fsp3) is 0.125. The Hall–Kier alpha value is -2.12. The molecule has 3 aromatic rings. The highest BCUT2D eigenvalue weighted by Gasteiger charge is 2.33. The number of alkyl halides is 3. The van der Waals surface area contributed by atoms with Crippen LogP contribution in [0.25, 0.3) is 21.2 Å². The quantitative estimate of drug-likeness (QED) is 0.631. The molecule has 0 fully saturated rings. The first-order valence-electron chi connectivity index (χ1n) is 6.74. The first-order chi connectivity index (χ1) is 11.3. The molecule has 0 spiro atoms. The Morgan fingerprint density at radius 3 is 2.67 bits per heavy atom. The first kappa shape index (κ1) is 16.7. The number of rotatable bonds is 3. The van der Waals surface area contributed by atoms with Crippen LogP contribution in [0.1, 0.15) is 5.56 Å². The molecule has 0 aliphatic heterocycles. The molecule has 0 radical (unpaired) electrons. The maximum absolute atomic E-state index is 13.0. The van der Waals surface area contributed by atoms with Gasteiger partial charge in [-0.15, -0.1) is 11.3 Å². The summed E-state index contributed by atoms with van der Waals surface area (Å²) in [5.41, 5.74) is -0.731. The van der Waals surface area contributed by atoms with Crippen LogP contribution in [0, 0.1) is 0 Å². The van der Waals surface area contributed by atoms with Crippen LogP contribution in [0.2, 0.25) is 5.02 Å². The van der Waals surface area contributed by atoms with Crippen LogP contribution in [0.4, 0.5) is 13.2 Å². The minimum atomic E-state index is -4.59. The van der Waals surface area contributed by atoms with Crippen molar-refractivity contribution in [1.82, 2.24) is 4.57 Å². The third kappa shape index (κ3) is 2.85. The molecule has 1 aromatic carbocycles. The summed E-state index contributed by atoms with van der Waals surface area (Å²) in [5, 5.41) is 1.52. The van der Waals surface area contributed by atoms with Crippen LogP contribution >= 0.6 is 22.9 Å². The van der Waals surface area contributed by atoms with Crippen molar-refractivity contribution < 1.29 is 18.0 Å². The van der Waals surface area contributed by atoms with E-state index in [1.165, 1.54) is 28.2 Å². The average molecular weight is 372 g/mol. The monoisotopic (exact) mass is 371 g/mol. The maximum atomic E-state index is 13.0. The van der Waals surface area contributed by atoms with Crippen molar-refractivity contribution in [1.29, 1.82) is 0 Å². The third-order valence-corrected chi connectivity index (χ3v) is 4.83. The zero-order valence-electron chi connectivity index (χ0n) is 11.9. The smallest absolute Gasteiger partial charge is 0.308 e. The fourth-order valence-corrected chi connectivity index (χ4v) is 3.61. The number of thiophene rings is 1. The van der Waals surface area contributed by atoms with E-state index >= 15 is 0 Å². The number of nitrogens with zero attached hydrogens (tertiary/aromatic N) is 1. The molecule has 0 atom stereocenters. The Labute approximate surface area is 142 Å². The van der Waals surface area contributed by atoms with Gasteiger partial charge in [0.25, 0.3) is 5.56 Å². The molecule has 8 heteroatoms. The lowest BCUT2D eigenvalue weighted by molar-refractivity contribution is -0.137. The first-order valence-corrected chi connectivity index (χ1v) is 8.00. The summed E-state index contributed by atoms with van der Waals surface area (Å²) >= 11 is 6.89. The van der Waals surface area contributed by atoms with Crippen LogP contribution in [-0.2, 0) is 17.5 Å². The van der Waals surface area contributed by atoms with Crippen molar-refractivity contribution in [3.63, 3.8) is 0 Å². The topological polar surface area (TPSA) is 39.1 Å². The lowest BCUT2D eigenvalue weighted by atomic mass is 10.0. The highest BCUT2D eigenvalue weighted by Crippen LogP contribution is 2.39. The molecule has 124 valence electrons. The third-order valence-electron chi connectivity index (χ3n) is 3.55. The van der Waals surface area contributed by atoms with Crippen molar-refractivity contribution in [3.05, 3.63) is 56.8 Å². The Morgan fingerprint density at radius 2 is 2.00 bits per heavy atom. The zero-order chi connectivity index (χ0) is 17.5. The van der Waals surface area contributed by atoms with Gasteiger partial charge in [0, 0.05) is 21.8 Å². The van der Waals surface area contributed by atoms with E-state index in [0.717, 1.165) is 12.1 Å². The van der Waals surface area contributed by atoms with Gasteiger partial charge in [-0.1, -0.05) is 17.7 Å². The second-order valence-corrected chi connectivity index (χ2v) is 6.34. The van der Waals surface area contributed by atoms with E-state index in [-0.39, 0.29) is 12.1 Å². The molecular weight excluding hydrogens is 363 g/mol. The van der Waals surface area contributed by atoms with Crippen molar-refractivity contribution >= 4 is 39.3 Å². The summed E-state index contributed by atoms with van der Waals surface area (Å²) in [6, 6.07) is 5.20. The minimum Gasteiger partial charge on any atom is -0.308 e. The van der Waals surface area contributed by atoms with Gasteiger partial charge in [-0.05, 0) is 23.8 Å². The lowest BCUT2D eigenvalue weighted by Gasteiger charge is -2.11. The number of halogens is 4. The molecule has 0 unspecified atom stereocenters. The molecule has 2 heterocycles. The minimum absolute atomic E-state index is 0.113. The van der Waals surface area contributed by atoms with Gasteiger partial charge in [-0.2, -0.15) is 13.2 Å². The van der Waals surface area contributed by atoms with Gasteiger partial charge in [-0.25, -0.2) is 0 Å². The van der Waals surface area contributed by atoms with Crippen LogP contribution < -0.4 is 5.56 Å². The zero-order valence-corrected chi connectivity index (χ0v) is 13.5. The molecule has 0 aliphatic rings. The molecule has 0 saturated heterocycles. The summed E-state index contributed by atoms with van der Waals surface area (Å²) in [6.07, 6.45) is -2.51. The average Bonchev–Trinajstić information content (AvgIpc) is 2.94. The van der Waals surface area contributed by atoms with Gasteiger partial charge in [0.15, 0.2) is 0 Å². The Balaban J connectivity index is 2.26. The number of carbonyl (C=O) groups is 1. The maximum Gasteiger partial charge on any atom is 0.417 e. The predicted molar refractivity (Wildman–Crippen MR) is 87.6 cm³/mol. The number of carbonyl (C=O) groups excluding carboxylic acids is 1. The van der Waals surface area contributed by atoms with Crippen molar-refractivity contribution in [3.8, 4) is 11.1 Å². The second-order valence-electron chi connectivity index (χ2n) is 5.02. The van der Waals surface area contributed by atoms with Gasteiger partial charge >= 0.3 is 6.18 Å². The van der Waals surface area contributed by atoms with Crippen molar-refractivity contribution in [2.45, 2.75) is 12.7 Å². The molecule has 0 amide bonds. The lowest BCUT2D eigenvalue weighted by Crippen LogP contribution is -2.19. The standard InChI is InChI=1S/C16H9ClF3NO2S/c17-12-2-1-9(7-11(12)16(18,19)20)10-8-24-13-3-4-21(5-6-22)15(23)14(10)13/h1-4,6-8H,5H2. The number of aldehydes is 1. The number of benzene rings is 1. The molecule has 0 bridgehead atoms. The van der Waals surface area contributed by atoms with Gasteiger partial charge in [-0.3, -0.25) is 4.79 Å². The summed E-state index contributed by atoms with van der Waals surface area (Å²) in [6.45, 7) is -0.113. The Kier molecular flexibility index (Phi) is 4.23. The highest BCUT2D eigenvalue weighted by atomic mass is 35.5. The number of aromatic nitrogens is 1. The number of hydrogen-bond donors (Lipinski definition) is 0. The van der Waals surface area contributed by atoms with Gasteiger partial charge in [0.2, 0.25) is 0 Å². The van der Waals surface area contributed by atoms with Crippen molar-refractivity contribution in [2.24, 2.45) is 0 Å². The summed E-state index contributed by atoms with van der Waals surface area (Å²) in [7, 11) is 0. The number of fused-ring (bicyclic) bond motifs is 1. The SMILES string of the molecule is O=CCn1ccc2scc(-c3ccc(Cl)c(C(F)(F)F)c3)c2c1=O.